The number of hydrogen-bond donors (Lipinski definition) is 1. The van der Waals surface area contributed by atoms with Crippen molar-refractivity contribution in [2.75, 3.05) is 6.54 Å². The molecule has 2 heteroatoms. The summed E-state index contributed by atoms with van der Waals surface area (Å²) in [5.41, 5.74) is 4.86. The summed E-state index contributed by atoms with van der Waals surface area (Å²) in [5, 5.41) is 3.44. The molecule has 0 saturated carbocycles. The van der Waals surface area contributed by atoms with E-state index in [1.54, 1.807) is 0 Å². The highest BCUT2D eigenvalue weighted by atomic mass is 14.9. The first-order valence-electron chi connectivity index (χ1n) is 6.47. The number of nitrogens with zero attached hydrogens (tertiary/aromatic N) is 1. The topological polar surface area (TPSA) is 24.9 Å². The first-order chi connectivity index (χ1) is 8.70. The Morgan fingerprint density at radius 2 is 1.94 bits per heavy atom. The molecular formula is C16H20N2. The Labute approximate surface area is 109 Å². The summed E-state index contributed by atoms with van der Waals surface area (Å²) in [4.78, 5) is 4.24. The van der Waals surface area contributed by atoms with Gasteiger partial charge in [0.05, 0.1) is 0 Å². The molecule has 0 fully saturated rings. The van der Waals surface area contributed by atoms with Crippen LogP contribution in [0.25, 0.3) is 11.1 Å². The molecule has 0 saturated heterocycles. The molecule has 0 bridgehead atoms. The van der Waals surface area contributed by atoms with E-state index in [0.717, 1.165) is 12.2 Å². The van der Waals surface area contributed by atoms with Crippen LogP contribution in [0.3, 0.4) is 0 Å². The second kappa shape index (κ2) is 5.78. The summed E-state index contributed by atoms with van der Waals surface area (Å²) in [6, 6.07) is 13.3. The van der Waals surface area contributed by atoms with Gasteiger partial charge in [0.1, 0.15) is 0 Å². The average Bonchev–Trinajstić information content (AvgIpc) is 2.39. The summed E-state index contributed by atoms with van der Waals surface area (Å²) in [5.74, 6) is 0. The van der Waals surface area contributed by atoms with Crippen molar-refractivity contribution in [3.05, 3.63) is 53.9 Å². The van der Waals surface area contributed by atoms with E-state index in [9.17, 15) is 0 Å². The van der Waals surface area contributed by atoms with E-state index in [1.807, 2.05) is 13.1 Å². The first-order valence-corrected chi connectivity index (χ1v) is 6.47. The van der Waals surface area contributed by atoms with Gasteiger partial charge in [-0.1, -0.05) is 25.1 Å². The van der Waals surface area contributed by atoms with Gasteiger partial charge in [0.25, 0.3) is 0 Å². The van der Waals surface area contributed by atoms with Gasteiger partial charge in [0.2, 0.25) is 0 Å². The van der Waals surface area contributed by atoms with Gasteiger partial charge in [0.15, 0.2) is 0 Å². The molecule has 2 rings (SSSR count). The molecule has 94 valence electrons. The fourth-order valence-electron chi connectivity index (χ4n) is 2.14. The van der Waals surface area contributed by atoms with Crippen molar-refractivity contribution in [3.63, 3.8) is 0 Å². The van der Waals surface area contributed by atoms with Crippen LogP contribution in [-0.4, -0.2) is 11.5 Å². The first kappa shape index (κ1) is 12.8. The predicted octanol–water partition coefficient (Wildman–Crippen LogP) is 3.73. The lowest BCUT2D eigenvalue weighted by molar-refractivity contribution is 0.598. The van der Waals surface area contributed by atoms with Crippen LogP contribution >= 0.6 is 0 Å². The molecule has 1 N–H and O–H groups in total. The third kappa shape index (κ3) is 2.96. The number of hydrogen-bond acceptors (Lipinski definition) is 2. The van der Waals surface area contributed by atoms with Crippen LogP contribution in [0.2, 0.25) is 0 Å². The molecule has 1 aromatic carbocycles. The molecular weight excluding hydrogens is 220 g/mol. The molecule has 2 aromatic rings. The van der Waals surface area contributed by atoms with Crippen molar-refractivity contribution in [1.82, 2.24) is 10.3 Å². The van der Waals surface area contributed by atoms with Crippen molar-refractivity contribution in [1.29, 1.82) is 0 Å². The lowest BCUT2D eigenvalue weighted by Crippen LogP contribution is -2.17. The second-order valence-electron chi connectivity index (χ2n) is 4.59. The monoisotopic (exact) mass is 240 g/mol. The van der Waals surface area contributed by atoms with E-state index in [-0.39, 0.29) is 0 Å². The molecule has 1 atom stereocenters. The minimum Gasteiger partial charge on any atom is -0.310 e. The maximum atomic E-state index is 4.24. The fraction of sp³-hybridized carbons (Fsp3) is 0.312. The van der Waals surface area contributed by atoms with Crippen molar-refractivity contribution in [2.45, 2.75) is 26.8 Å². The Bertz CT molecular complexity index is 520. The Kier molecular flexibility index (Phi) is 4.11. The van der Waals surface area contributed by atoms with E-state index in [0.29, 0.717) is 6.04 Å². The molecule has 1 aromatic heterocycles. The van der Waals surface area contributed by atoms with Gasteiger partial charge in [-0.05, 0) is 55.3 Å². The van der Waals surface area contributed by atoms with Crippen LogP contribution < -0.4 is 5.32 Å². The summed E-state index contributed by atoms with van der Waals surface area (Å²) in [6.07, 6.45) is 1.87. The van der Waals surface area contributed by atoms with Crippen molar-refractivity contribution >= 4 is 0 Å². The highest BCUT2D eigenvalue weighted by Gasteiger charge is 2.05. The molecule has 0 spiro atoms. The van der Waals surface area contributed by atoms with E-state index in [4.69, 9.17) is 0 Å². The SMILES string of the molecule is CCNC(C)c1cccc(-c2ccnc(C)c2)c1. The van der Waals surface area contributed by atoms with Crippen molar-refractivity contribution in [3.8, 4) is 11.1 Å². The number of aryl methyl sites for hydroxylation is 1. The van der Waals surface area contributed by atoms with E-state index >= 15 is 0 Å². The average molecular weight is 240 g/mol. The molecule has 2 nitrogen and oxygen atoms in total. The largest absolute Gasteiger partial charge is 0.310 e. The van der Waals surface area contributed by atoms with Crippen LogP contribution in [0.4, 0.5) is 0 Å². The minimum absolute atomic E-state index is 0.387. The lowest BCUT2D eigenvalue weighted by Gasteiger charge is -2.14. The van der Waals surface area contributed by atoms with Gasteiger partial charge in [-0.25, -0.2) is 0 Å². The predicted molar refractivity (Wildman–Crippen MR) is 76.5 cm³/mol. The zero-order valence-corrected chi connectivity index (χ0v) is 11.3. The smallest absolute Gasteiger partial charge is 0.0378 e. The zero-order chi connectivity index (χ0) is 13.0. The summed E-state index contributed by atoms with van der Waals surface area (Å²) >= 11 is 0. The van der Waals surface area contributed by atoms with Crippen LogP contribution in [0, 0.1) is 6.92 Å². The molecule has 0 aliphatic heterocycles. The number of nitrogens with one attached hydrogen (secondary N) is 1. The molecule has 18 heavy (non-hydrogen) atoms. The molecule has 0 aliphatic rings. The molecule has 0 aliphatic carbocycles. The van der Waals surface area contributed by atoms with Gasteiger partial charge in [-0.3, -0.25) is 4.98 Å². The Balaban J connectivity index is 2.32. The van der Waals surface area contributed by atoms with Crippen LogP contribution in [0.1, 0.15) is 31.1 Å². The number of pyridine rings is 1. The van der Waals surface area contributed by atoms with Crippen LogP contribution in [-0.2, 0) is 0 Å². The van der Waals surface area contributed by atoms with Gasteiger partial charge in [0, 0.05) is 17.9 Å². The summed E-state index contributed by atoms with van der Waals surface area (Å²) in [6.45, 7) is 7.33. The van der Waals surface area contributed by atoms with E-state index in [1.165, 1.54) is 16.7 Å². The van der Waals surface area contributed by atoms with Crippen LogP contribution in [0.15, 0.2) is 42.6 Å². The number of aromatic nitrogens is 1. The second-order valence-corrected chi connectivity index (χ2v) is 4.59. The third-order valence-corrected chi connectivity index (χ3v) is 3.13. The summed E-state index contributed by atoms with van der Waals surface area (Å²) < 4.78 is 0. The zero-order valence-electron chi connectivity index (χ0n) is 11.3. The standard InChI is InChI=1S/C16H20N2/c1-4-17-13(3)14-6-5-7-15(11-14)16-8-9-18-12(2)10-16/h5-11,13,17H,4H2,1-3H3. The Morgan fingerprint density at radius 3 is 2.67 bits per heavy atom. The van der Waals surface area contributed by atoms with Gasteiger partial charge in [-0.15, -0.1) is 0 Å². The molecule has 0 amide bonds. The Morgan fingerprint density at radius 1 is 1.17 bits per heavy atom. The quantitative estimate of drug-likeness (QED) is 0.881. The minimum atomic E-state index is 0.387. The molecule has 0 radical (unpaired) electrons. The number of benzene rings is 1. The van der Waals surface area contributed by atoms with Crippen molar-refractivity contribution < 1.29 is 0 Å². The van der Waals surface area contributed by atoms with E-state index < -0.39 is 0 Å². The third-order valence-electron chi connectivity index (χ3n) is 3.13. The maximum Gasteiger partial charge on any atom is 0.0378 e. The molecule has 1 heterocycles. The van der Waals surface area contributed by atoms with Gasteiger partial charge < -0.3 is 5.32 Å². The van der Waals surface area contributed by atoms with Crippen molar-refractivity contribution in [2.24, 2.45) is 0 Å². The highest BCUT2D eigenvalue weighted by Crippen LogP contribution is 2.23. The maximum absolute atomic E-state index is 4.24. The number of rotatable bonds is 4. The van der Waals surface area contributed by atoms with E-state index in [2.05, 4.69) is 60.5 Å². The highest BCUT2D eigenvalue weighted by molar-refractivity contribution is 5.64. The normalized spacial score (nSPS) is 12.4. The summed E-state index contributed by atoms with van der Waals surface area (Å²) in [7, 11) is 0. The Hall–Kier alpha value is -1.67. The lowest BCUT2D eigenvalue weighted by atomic mass is 10.0. The van der Waals surface area contributed by atoms with Gasteiger partial charge in [-0.2, -0.15) is 0 Å². The van der Waals surface area contributed by atoms with Crippen LogP contribution in [0.5, 0.6) is 0 Å². The molecule has 1 unspecified atom stereocenters. The fourth-order valence-corrected chi connectivity index (χ4v) is 2.14. The van der Waals surface area contributed by atoms with Gasteiger partial charge >= 0.3 is 0 Å².